The van der Waals surface area contributed by atoms with Gasteiger partial charge in [0.2, 0.25) is 0 Å². The lowest BCUT2D eigenvalue weighted by atomic mass is 10.0. The van der Waals surface area contributed by atoms with Crippen molar-refractivity contribution in [3.63, 3.8) is 0 Å². The lowest BCUT2D eigenvalue weighted by Gasteiger charge is -1.96. The molecule has 0 aliphatic carbocycles. The number of nitrogens with zero attached hydrogens (tertiary/aromatic N) is 2. The van der Waals surface area contributed by atoms with E-state index in [4.69, 9.17) is 12.6 Å². The maximum absolute atomic E-state index is 5.36. The van der Waals surface area contributed by atoms with Crippen molar-refractivity contribution in [3.05, 3.63) is 18.2 Å². The zero-order chi connectivity index (χ0) is 7.40. The number of hydrogen-bond donors (Lipinski definition) is 0. The standard InChI is InChI=1S/C6H7BN2O/c1-10-4-6-8-2-5(7)3-9-6/h2-3H,4H2,1H3. The number of methoxy groups -OCH3 is 1. The molecule has 4 heteroatoms. The highest BCUT2D eigenvalue weighted by atomic mass is 16.5. The second-order valence-corrected chi connectivity index (χ2v) is 1.87. The van der Waals surface area contributed by atoms with Crippen LogP contribution in [0.2, 0.25) is 0 Å². The van der Waals surface area contributed by atoms with E-state index in [1.807, 2.05) is 0 Å². The predicted octanol–water partition coefficient (Wildman–Crippen LogP) is -0.583. The smallest absolute Gasteiger partial charge is 0.153 e. The molecule has 0 saturated carbocycles. The van der Waals surface area contributed by atoms with E-state index >= 15 is 0 Å². The number of rotatable bonds is 2. The molecule has 3 nitrogen and oxygen atoms in total. The van der Waals surface area contributed by atoms with Gasteiger partial charge in [-0.3, -0.25) is 0 Å². The van der Waals surface area contributed by atoms with Crippen LogP contribution in [-0.4, -0.2) is 24.9 Å². The molecule has 0 aromatic carbocycles. The molecule has 0 fully saturated rings. The van der Waals surface area contributed by atoms with Gasteiger partial charge >= 0.3 is 0 Å². The van der Waals surface area contributed by atoms with Crippen molar-refractivity contribution >= 4 is 13.3 Å². The molecule has 10 heavy (non-hydrogen) atoms. The van der Waals surface area contributed by atoms with Gasteiger partial charge in [0.25, 0.3) is 0 Å². The Hall–Kier alpha value is -0.895. The molecule has 0 aliphatic heterocycles. The summed E-state index contributed by atoms with van der Waals surface area (Å²) in [6.45, 7) is 0.431. The van der Waals surface area contributed by atoms with Gasteiger partial charge in [0.1, 0.15) is 14.5 Å². The first-order valence-electron chi connectivity index (χ1n) is 2.88. The second kappa shape index (κ2) is 3.32. The van der Waals surface area contributed by atoms with Crippen molar-refractivity contribution in [2.45, 2.75) is 6.61 Å². The topological polar surface area (TPSA) is 35.0 Å². The van der Waals surface area contributed by atoms with Crippen molar-refractivity contribution in [1.29, 1.82) is 0 Å². The van der Waals surface area contributed by atoms with Crippen LogP contribution in [0.5, 0.6) is 0 Å². The molecule has 0 aliphatic rings. The van der Waals surface area contributed by atoms with E-state index in [1.165, 1.54) is 0 Å². The minimum atomic E-state index is 0.431. The molecule has 0 amide bonds. The Kier molecular flexibility index (Phi) is 2.39. The van der Waals surface area contributed by atoms with Crippen LogP contribution in [0.3, 0.4) is 0 Å². The normalized spacial score (nSPS) is 9.70. The zero-order valence-electron chi connectivity index (χ0n) is 5.74. The Morgan fingerprint density at radius 2 is 2.10 bits per heavy atom. The molecule has 1 heterocycles. The highest BCUT2D eigenvalue weighted by Gasteiger charge is 1.91. The first-order valence-corrected chi connectivity index (χ1v) is 2.88. The summed E-state index contributed by atoms with van der Waals surface area (Å²) in [6, 6.07) is 0. The van der Waals surface area contributed by atoms with Crippen LogP contribution in [0, 0.1) is 0 Å². The monoisotopic (exact) mass is 134 g/mol. The van der Waals surface area contributed by atoms with Crippen LogP contribution in [0.1, 0.15) is 5.82 Å². The molecule has 1 aromatic heterocycles. The molecule has 0 bridgehead atoms. The molecule has 1 rings (SSSR count). The van der Waals surface area contributed by atoms with Gasteiger partial charge in [-0.2, -0.15) is 0 Å². The summed E-state index contributed by atoms with van der Waals surface area (Å²) in [4.78, 5) is 7.81. The van der Waals surface area contributed by atoms with Crippen molar-refractivity contribution < 1.29 is 4.74 Å². The van der Waals surface area contributed by atoms with Gasteiger partial charge in [0.05, 0.1) is 0 Å². The van der Waals surface area contributed by atoms with E-state index < -0.39 is 0 Å². The molecule has 0 saturated heterocycles. The molecule has 0 atom stereocenters. The van der Waals surface area contributed by atoms with E-state index in [-0.39, 0.29) is 0 Å². The predicted molar refractivity (Wildman–Crippen MR) is 38.1 cm³/mol. The van der Waals surface area contributed by atoms with Crippen molar-refractivity contribution in [2.75, 3.05) is 7.11 Å². The lowest BCUT2D eigenvalue weighted by Crippen LogP contribution is -2.07. The molecular weight excluding hydrogens is 127 g/mol. The van der Waals surface area contributed by atoms with E-state index in [2.05, 4.69) is 9.97 Å². The van der Waals surface area contributed by atoms with Crippen molar-refractivity contribution in [3.8, 4) is 0 Å². The number of hydrogen-bond acceptors (Lipinski definition) is 3. The first kappa shape index (κ1) is 7.21. The lowest BCUT2D eigenvalue weighted by molar-refractivity contribution is 0.178. The van der Waals surface area contributed by atoms with Crippen molar-refractivity contribution in [2.24, 2.45) is 0 Å². The fourth-order valence-electron chi connectivity index (χ4n) is 0.568. The molecular formula is C6H7BN2O. The Morgan fingerprint density at radius 3 is 2.60 bits per heavy atom. The van der Waals surface area contributed by atoms with Crippen LogP contribution < -0.4 is 5.46 Å². The van der Waals surface area contributed by atoms with E-state index in [1.54, 1.807) is 19.5 Å². The zero-order valence-corrected chi connectivity index (χ0v) is 5.74. The van der Waals surface area contributed by atoms with Crippen LogP contribution in [-0.2, 0) is 11.3 Å². The van der Waals surface area contributed by atoms with Gasteiger partial charge < -0.3 is 4.74 Å². The average Bonchev–Trinajstić information content (AvgIpc) is 1.95. The molecule has 1 aromatic rings. The Balaban J connectivity index is 2.69. The molecule has 0 N–H and O–H groups in total. The maximum atomic E-state index is 5.36. The highest BCUT2D eigenvalue weighted by molar-refractivity contribution is 6.31. The van der Waals surface area contributed by atoms with E-state index in [9.17, 15) is 0 Å². The van der Waals surface area contributed by atoms with Crippen LogP contribution in [0.15, 0.2) is 12.4 Å². The summed E-state index contributed by atoms with van der Waals surface area (Å²) in [5, 5.41) is 0. The van der Waals surface area contributed by atoms with Crippen molar-refractivity contribution in [1.82, 2.24) is 9.97 Å². The summed E-state index contributed by atoms with van der Waals surface area (Å²) < 4.78 is 4.80. The summed E-state index contributed by atoms with van der Waals surface area (Å²) >= 11 is 0. The minimum absolute atomic E-state index is 0.431. The van der Waals surface area contributed by atoms with Gasteiger partial charge in [-0.15, -0.1) is 0 Å². The largest absolute Gasteiger partial charge is 0.377 e. The second-order valence-electron chi connectivity index (χ2n) is 1.87. The molecule has 0 spiro atoms. The molecule has 0 unspecified atom stereocenters. The summed E-state index contributed by atoms with van der Waals surface area (Å²) in [7, 11) is 6.95. The fourth-order valence-corrected chi connectivity index (χ4v) is 0.568. The Morgan fingerprint density at radius 1 is 1.50 bits per heavy atom. The van der Waals surface area contributed by atoms with Gasteiger partial charge in [-0.25, -0.2) is 9.97 Å². The van der Waals surface area contributed by atoms with Gasteiger partial charge in [0.15, 0.2) is 5.82 Å². The third-order valence-electron chi connectivity index (χ3n) is 0.999. The maximum Gasteiger partial charge on any atom is 0.153 e. The summed E-state index contributed by atoms with van der Waals surface area (Å²) in [5.74, 6) is 0.650. The van der Waals surface area contributed by atoms with Gasteiger partial charge in [-0.05, 0) is 0 Å². The SMILES string of the molecule is [B]c1cnc(COC)nc1. The highest BCUT2D eigenvalue weighted by Crippen LogP contribution is 1.85. The van der Waals surface area contributed by atoms with Crippen LogP contribution in [0.25, 0.3) is 0 Å². The van der Waals surface area contributed by atoms with E-state index in [0.717, 1.165) is 0 Å². The Labute approximate surface area is 60.9 Å². The van der Waals surface area contributed by atoms with Crippen LogP contribution >= 0.6 is 0 Å². The first-order chi connectivity index (χ1) is 4.83. The minimum Gasteiger partial charge on any atom is -0.377 e. The van der Waals surface area contributed by atoms with Gasteiger partial charge in [-0.1, -0.05) is 5.46 Å². The third kappa shape index (κ3) is 1.81. The Bertz CT molecular complexity index is 199. The molecule has 2 radical (unpaired) electrons. The molecule has 50 valence electrons. The average molecular weight is 134 g/mol. The fraction of sp³-hybridized carbons (Fsp3) is 0.333. The quantitative estimate of drug-likeness (QED) is 0.507. The summed E-state index contributed by atoms with van der Waals surface area (Å²) in [6.07, 6.45) is 3.11. The van der Waals surface area contributed by atoms with Crippen LogP contribution in [0.4, 0.5) is 0 Å². The van der Waals surface area contributed by atoms with Gasteiger partial charge in [0, 0.05) is 19.5 Å². The summed E-state index contributed by atoms with van der Waals surface area (Å²) in [5.41, 5.74) is 0.569. The third-order valence-corrected chi connectivity index (χ3v) is 0.999. The number of aromatic nitrogens is 2. The number of ether oxygens (including phenoxy) is 1. The van der Waals surface area contributed by atoms with E-state index in [0.29, 0.717) is 17.9 Å².